The zero-order valence-electron chi connectivity index (χ0n) is 28.8. The van der Waals surface area contributed by atoms with Crippen LogP contribution in [0, 0.1) is 5.92 Å². The maximum absolute atomic E-state index is 12.2. The van der Waals surface area contributed by atoms with Crippen LogP contribution in [0.3, 0.4) is 0 Å². The second-order valence-electron chi connectivity index (χ2n) is 12.7. The molecule has 1 unspecified atom stereocenters. The fourth-order valence-electron chi connectivity index (χ4n) is 5.71. The van der Waals surface area contributed by atoms with Gasteiger partial charge in [-0.05, 0) is 25.2 Å². The third kappa shape index (κ3) is 33.7. The minimum Gasteiger partial charge on any atom is -0.449 e. The van der Waals surface area contributed by atoms with E-state index in [2.05, 4.69) is 19.2 Å². The van der Waals surface area contributed by atoms with E-state index in [0.717, 1.165) is 6.42 Å². The zero-order valence-corrected chi connectivity index (χ0v) is 28.8. The molecule has 5 nitrogen and oxygen atoms in total. The van der Waals surface area contributed by atoms with Gasteiger partial charge in [0.05, 0.1) is 19.8 Å². The van der Waals surface area contributed by atoms with Crippen molar-refractivity contribution in [3.63, 3.8) is 0 Å². The van der Waals surface area contributed by atoms with E-state index in [1.54, 1.807) is 7.11 Å². The van der Waals surface area contributed by atoms with Crippen LogP contribution >= 0.6 is 0 Å². The molecule has 0 bridgehead atoms. The highest BCUT2D eigenvalue weighted by molar-refractivity contribution is 5.67. The molecule has 0 aliphatic rings. The summed E-state index contributed by atoms with van der Waals surface area (Å²) in [5, 5.41) is 2.89. The first kappa shape index (κ1) is 41.2. The van der Waals surface area contributed by atoms with Crippen LogP contribution in [0.2, 0.25) is 0 Å². The van der Waals surface area contributed by atoms with Crippen molar-refractivity contribution in [1.82, 2.24) is 5.32 Å². The van der Waals surface area contributed by atoms with Crippen molar-refractivity contribution in [2.75, 3.05) is 40.1 Å². The number of hydrogen-bond acceptors (Lipinski definition) is 4. The quantitative estimate of drug-likeness (QED) is 0.0738. The van der Waals surface area contributed by atoms with Crippen molar-refractivity contribution in [1.29, 1.82) is 0 Å². The van der Waals surface area contributed by atoms with Gasteiger partial charge >= 0.3 is 6.09 Å². The summed E-state index contributed by atoms with van der Waals surface area (Å²) in [6, 6.07) is 0. The van der Waals surface area contributed by atoms with Gasteiger partial charge in [0.2, 0.25) is 0 Å². The predicted octanol–water partition coefficient (Wildman–Crippen LogP) is 11.6. The van der Waals surface area contributed by atoms with E-state index in [1.165, 1.54) is 167 Å². The molecule has 0 heterocycles. The van der Waals surface area contributed by atoms with Crippen LogP contribution in [-0.4, -0.2) is 46.2 Å². The Morgan fingerprint density at radius 1 is 0.524 bits per heavy atom. The Hall–Kier alpha value is -0.810. The summed E-state index contributed by atoms with van der Waals surface area (Å²) in [4.78, 5) is 12.2. The lowest BCUT2D eigenvalue weighted by atomic mass is 9.94. The normalized spacial score (nSPS) is 12.1. The molecule has 0 fully saturated rings. The third-order valence-electron chi connectivity index (χ3n) is 8.55. The van der Waals surface area contributed by atoms with E-state index >= 15 is 0 Å². The number of methoxy groups -OCH3 is 1. The summed E-state index contributed by atoms with van der Waals surface area (Å²) < 4.78 is 16.1. The Morgan fingerprint density at radius 2 is 0.929 bits per heavy atom. The molecular formula is C37H75NO4. The minimum atomic E-state index is -0.277. The van der Waals surface area contributed by atoms with Crippen LogP contribution in [0.15, 0.2) is 0 Å². The topological polar surface area (TPSA) is 56.8 Å². The average Bonchev–Trinajstić information content (AvgIpc) is 3.00. The van der Waals surface area contributed by atoms with Crippen LogP contribution < -0.4 is 5.32 Å². The molecule has 0 aliphatic heterocycles. The first-order valence-electron chi connectivity index (χ1n) is 18.7. The van der Waals surface area contributed by atoms with Crippen molar-refractivity contribution in [3.8, 4) is 0 Å². The van der Waals surface area contributed by atoms with E-state index in [1.807, 2.05) is 0 Å². The highest BCUT2D eigenvalue weighted by Crippen LogP contribution is 2.20. The lowest BCUT2D eigenvalue weighted by Gasteiger charge is -2.17. The van der Waals surface area contributed by atoms with Crippen molar-refractivity contribution in [3.05, 3.63) is 0 Å². The molecule has 42 heavy (non-hydrogen) atoms. The molecule has 0 aromatic rings. The van der Waals surface area contributed by atoms with Gasteiger partial charge in [0.15, 0.2) is 0 Å². The van der Waals surface area contributed by atoms with Crippen LogP contribution in [0.1, 0.15) is 187 Å². The van der Waals surface area contributed by atoms with Crippen molar-refractivity contribution in [2.45, 2.75) is 187 Å². The standard InChI is InChI=1S/C37H75NO4/c1-4-6-8-10-12-14-16-17-19-21-23-25-27-30-36(29-26-24-22-20-18-15-13-11-9-7-5-2)35-42-37(39)38-31-28-32-41-34-33-40-3/h36H,4-35H2,1-3H3,(H,38,39). The second-order valence-corrected chi connectivity index (χ2v) is 12.7. The molecule has 0 saturated carbocycles. The number of unbranched alkanes of at least 4 members (excludes halogenated alkanes) is 22. The Kier molecular flexibility index (Phi) is 35.7. The van der Waals surface area contributed by atoms with Gasteiger partial charge in [-0.1, -0.05) is 168 Å². The van der Waals surface area contributed by atoms with E-state index in [9.17, 15) is 4.79 Å². The minimum absolute atomic E-state index is 0.277. The summed E-state index contributed by atoms with van der Waals surface area (Å²) in [6.45, 7) is 7.56. The van der Waals surface area contributed by atoms with Crippen molar-refractivity contribution < 1.29 is 19.0 Å². The number of alkyl carbamates (subject to hydrolysis) is 1. The number of amides is 1. The van der Waals surface area contributed by atoms with Gasteiger partial charge in [0, 0.05) is 20.3 Å². The zero-order chi connectivity index (χ0) is 30.6. The van der Waals surface area contributed by atoms with Crippen LogP contribution in [-0.2, 0) is 14.2 Å². The largest absolute Gasteiger partial charge is 0.449 e. The monoisotopic (exact) mass is 598 g/mol. The molecule has 0 aromatic carbocycles. The summed E-state index contributed by atoms with van der Waals surface area (Å²) in [5.41, 5.74) is 0. The van der Waals surface area contributed by atoms with Gasteiger partial charge in [-0.2, -0.15) is 0 Å². The van der Waals surface area contributed by atoms with Crippen LogP contribution in [0.5, 0.6) is 0 Å². The second kappa shape index (κ2) is 36.4. The predicted molar refractivity (Wildman–Crippen MR) is 182 cm³/mol. The number of nitrogens with one attached hydrogen (secondary N) is 1. The van der Waals surface area contributed by atoms with Crippen molar-refractivity contribution in [2.24, 2.45) is 5.92 Å². The lowest BCUT2D eigenvalue weighted by molar-refractivity contribution is 0.0689. The molecule has 0 radical (unpaired) electrons. The molecule has 5 heteroatoms. The maximum Gasteiger partial charge on any atom is 0.407 e. The number of carbonyl (C=O) groups excluding carboxylic acids is 1. The highest BCUT2D eigenvalue weighted by Gasteiger charge is 2.12. The van der Waals surface area contributed by atoms with Gasteiger partial charge in [-0.15, -0.1) is 0 Å². The highest BCUT2D eigenvalue weighted by atomic mass is 16.5. The van der Waals surface area contributed by atoms with Crippen LogP contribution in [0.4, 0.5) is 4.79 Å². The summed E-state index contributed by atoms with van der Waals surface area (Å²) >= 11 is 0. The molecule has 0 aliphatic carbocycles. The van der Waals surface area contributed by atoms with Crippen molar-refractivity contribution >= 4 is 6.09 Å². The Balaban J connectivity index is 4.02. The third-order valence-corrected chi connectivity index (χ3v) is 8.55. The van der Waals surface area contributed by atoms with Gasteiger partial charge in [-0.3, -0.25) is 0 Å². The molecule has 1 amide bonds. The lowest BCUT2D eigenvalue weighted by Crippen LogP contribution is -2.28. The van der Waals surface area contributed by atoms with E-state index in [-0.39, 0.29) is 6.09 Å². The molecule has 0 aromatic heterocycles. The SMILES string of the molecule is CCCCCCCCCCCCCCCC(CCCCCCCCCCCCC)COC(=O)NCCCOCCOC. The van der Waals surface area contributed by atoms with Gasteiger partial charge in [0.1, 0.15) is 0 Å². The fourth-order valence-corrected chi connectivity index (χ4v) is 5.71. The number of ether oxygens (including phenoxy) is 3. The smallest absolute Gasteiger partial charge is 0.407 e. The van der Waals surface area contributed by atoms with E-state index in [4.69, 9.17) is 14.2 Å². The van der Waals surface area contributed by atoms with Gasteiger partial charge in [0.25, 0.3) is 0 Å². The van der Waals surface area contributed by atoms with Gasteiger partial charge in [-0.25, -0.2) is 4.79 Å². The maximum atomic E-state index is 12.2. The number of carbonyl (C=O) groups is 1. The molecule has 252 valence electrons. The van der Waals surface area contributed by atoms with Gasteiger partial charge < -0.3 is 19.5 Å². The Bertz CT molecular complexity index is 516. The number of rotatable bonds is 35. The molecule has 1 atom stereocenters. The summed E-state index contributed by atoms with van der Waals surface area (Å²) in [5.74, 6) is 0.499. The average molecular weight is 598 g/mol. The fraction of sp³-hybridized carbons (Fsp3) is 0.973. The Labute approximate surface area is 263 Å². The molecule has 0 spiro atoms. The molecular weight excluding hydrogens is 522 g/mol. The molecule has 1 N–H and O–H groups in total. The first-order valence-corrected chi connectivity index (χ1v) is 18.7. The summed E-state index contributed by atoms with van der Waals surface area (Å²) in [6.07, 6.45) is 36.1. The Morgan fingerprint density at radius 3 is 1.33 bits per heavy atom. The number of hydrogen-bond donors (Lipinski definition) is 1. The van der Waals surface area contributed by atoms with E-state index < -0.39 is 0 Å². The van der Waals surface area contributed by atoms with E-state index in [0.29, 0.717) is 38.9 Å². The summed E-state index contributed by atoms with van der Waals surface area (Å²) in [7, 11) is 1.67. The molecule has 0 saturated heterocycles. The van der Waals surface area contributed by atoms with Crippen LogP contribution in [0.25, 0.3) is 0 Å². The molecule has 0 rings (SSSR count). The first-order chi connectivity index (χ1) is 20.7.